The highest BCUT2D eigenvalue weighted by molar-refractivity contribution is 6.19. The van der Waals surface area contributed by atoms with E-state index >= 15 is 0 Å². The van der Waals surface area contributed by atoms with Crippen molar-refractivity contribution in [1.29, 1.82) is 0 Å². The van der Waals surface area contributed by atoms with E-state index in [9.17, 15) is 4.79 Å². The number of alkyl halides is 1. The van der Waals surface area contributed by atoms with Gasteiger partial charge in [0.15, 0.2) is 0 Å². The van der Waals surface area contributed by atoms with Crippen LogP contribution in [0, 0.1) is 29.6 Å². The van der Waals surface area contributed by atoms with Crippen LogP contribution >= 0.6 is 11.6 Å². The van der Waals surface area contributed by atoms with Crippen molar-refractivity contribution in [2.45, 2.75) is 45.1 Å². The highest BCUT2D eigenvalue weighted by Crippen LogP contribution is 2.53. The van der Waals surface area contributed by atoms with E-state index in [1.165, 1.54) is 32.1 Å². The Hall–Kier alpha value is -0.240. The Labute approximate surface area is 108 Å². The molecule has 0 spiro atoms. The topological polar surface area (TPSA) is 29.1 Å². The summed E-state index contributed by atoms with van der Waals surface area (Å²) in [5, 5.41) is 3.29. The fourth-order valence-electron chi connectivity index (χ4n) is 4.54. The normalized spacial score (nSPS) is 44.7. The van der Waals surface area contributed by atoms with Crippen molar-refractivity contribution in [2.75, 3.05) is 5.88 Å². The van der Waals surface area contributed by atoms with Crippen LogP contribution in [-0.4, -0.2) is 17.8 Å². The fraction of sp³-hybridized carbons (Fsp3) is 0.929. The Balaban J connectivity index is 1.66. The van der Waals surface area contributed by atoms with E-state index in [-0.39, 0.29) is 11.8 Å². The van der Waals surface area contributed by atoms with Gasteiger partial charge in [-0.3, -0.25) is 4.79 Å². The lowest BCUT2D eigenvalue weighted by Gasteiger charge is -2.54. The van der Waals surface area contributed by atoms with Crippen LogP contribution in [0.15, 0.2) is 0 Å². The van der Waals surface area contributed by atoms with Gasteiger partial charge in [-0.15, -0.1) is 11.6 Å². The van der Waals surface area contributed by atoms with Crippen molar-refractivity contribution >= 4 is 17.5 Å². The molecule has 17 heavy (non-hydrogen) atoms. The van der Waals surface area contributed by atoms with Gasteiger partial charge in [-0.2, -0.15) is 0 Å². The number of rotatable bonds is 3. The monoisotopic (exact) mass is 255 g/mol. The number of amides is 1. The lowest BCUT2D eigenvalue weighted by molar-refractivity contribution is -0.127. The zero-order valence-electron chi connectivity index (χ0n) is 10.5. The number of halogens is 1. The van der Waals surface area contributed by atoms with Crippen molar-refractivity contribution in [3.05, 3.63) is 0 Å². The van der Waals surface area contributed by atoms with E-state index in [2.05, 4.69) is 5.32 Å². The molecule has 4 rings (SSSR count). The van der Waals surface area contributed by atoms with Crippen LogP contribution in [-0.2, 0) is 4.79 Å². The minimum atomic E-state index is -0.0474. The van der Waals surface area contributed by atoms with E-state index in [0.29, 0.717) is 11.9 Å². The maximum Gasteiger partial charge on any atom is 0.224 e. The van der Waals surface area contributed by atoms with E-state index in [4.69, 9.17) is 11.6 Å². The Morgan fingerprint density at radius 1 is 1.18 bits per heavy atom. The summed E-state index contributed by atoms with van der Waals surface area (Å²) in [5.74, 6) is 4.01. The van der Waals surface area contributed by atoms with Gasteiger partial charge in [-0.05, 0) is 55.8 Å². The quantitative estimate of drug-likeness (QED) is 0.772. The minimum Gasteiger partial charge on any atom is -0.353 e. The number of carbonyl (C=O) groups excluding carboxylic acids is 1. The first-order valence-electron chi connectivity index (χ1n) is 7.03. The maximum absolute atomic E-state index is 12.0. The lowest BCUT2D eigenvalue weighted by atomic mass is 9.54. The summed E-state index contributed by atoms with van der Waals surface area (Å²) < 4.78 is 0. The van der Waals surface area contributed by atoms with Crippen molar-refractivity contribution in [1.82, 2.24) is 5.32 Å². The van der Waals surface area contributed by atoms with E-state index in [1.807, 2.05) is 6.92 Å². The molecule has 96 valence electrons. The van der Waals surface area contributed by atoms with Crippen molar-refractivity contribution in [3.8, 4) is 0 Å². The average molecular weight is 256 g/mol. The molecule has 0 aliphatic heterocycles. The molecule has 1 atom stereocenters. The smallest absolute Gasteiger partial charge is 0.224 e. The molecule has 0 aromatic rings. The summed E-state index contributed by atoms with van der Waals surface area (Å²) >= 11 is 5.75. The molecule has 0 saturated heterocycles. The summed E-state index contributed by atoms with van der Waals surface area (Å²) in [6.07, 6.45) is 6.88. The van der Waals surface area contributed by atoms with Crippen LogP contribution < -0.4 is 5.32 Å². The van der Waals surface area contributed by atoms with Gasteiger partial charge in [-0.25, -0.2) is 0 Å². The Bertz CT molecular complexity index is 289. The molecule has 4 bridgehead atoms. The van der Waals surface area contributed by atoms with Gasteiger partial charge in [0.2, 0.25) is 5.91 Å². The lowest BCUT2D eigenvalue weighted by Crippen LogP contribution is -2.56. The zero-order chi connectivity index (χ0) is 12.0. The van der Waals surface area contributed by atoms with Gasteiger partial charge in [-0.1, -0.05) is 6.92 Å². The highest BCUT2D eigenvalue weighted by Gasteiger charge is 2.48. The molecule has 0 aromatic heterocycles. The maximum atomic E-state index is 12.0. The van der Waals surface area contributed by atoms with Gasteiger partial charge in [0.05, 0.1) is 0 Å². The first-order chi connectivity index (χ1) is 8.17. The predicted molar refractivity (Wildman–Crippen MR) is 68.9 cm³/mol. The van der Waals surface area contributed by atoms with Crippen molar-refractivity contribution in [3.63, 3.8) is 0 Å². The van der Waals surface area contributed by atoms with Gasteiger partial charge in [0, 0.05) is 17.8 Å². The minimum absolute atomic E-state index is 0.0474. The molecular weight excluding hydrogens is 234 g/mol. The fourth-order valence-corrected chi connectivity index (χ4v) is 4.68. The third-order valence-corrected chi connectivity index (χ3v) is 5.68. The van der Waals surface area contributed by atoms with Crippen molar-refractivity contribution < 1.29 is 4.79 Å². The molecule has 3 heteroatoms. The van der Waals surface area contributed by atoms with Gasteiger partial charge in [0.1, 0.15) is 0 Å². The summed E-state index contributed by atoms with van der Waals surface area (Å²) in [6.45, 7) is 1.92. The second-order valence-corrected chi connectivity index (χ2v) is 6.83. The molecule has 4 aliphatic carbocycles. The SMILES string of the molecule is CC(CCl)C(=O)NC1C2CC3CC(C2)CC1C3. The molecule has 1 amide bonds. The number of hydrogen-bond acceptors (Lipinski definition) is 1. The van der Waals surface area contributed by atoms with Crippen LogP contribution in [0.2, 0.25) is 0 Å². The zero-order valence-corrected chi connectivity index (χ0v) is 11.2. The molecule has 0 heterocycles. The summed E-state index contributed by atoms with van der Waals surface area (Å²) in [7, 11) is 0. The molecule has 2 nitrogen and oxygen atoms in total. The molecular formula is C14H22ClNO. The largest absolute Gasteiger partial charge is 0.353 e. The molecule has 1 N–H and O–H groups in total. The molecule has 4 aliphatic rings. The van der Waals surface area contributed by atoms with Gasteiger partial charge in [0.25, 0.3) is 0 Å². The number of carbonyl (C=O) groups is 1. The third-order valence-electron chi connectivity index (χ3n) is 5.21. The van der Waals surface area contributed by atoms with Crippen LogP contribution in [0.1, 0.15) is 39.0 Å². The highest BCUT2D eigenvalue weighted by atomic mass is 35.5. The summed E-state index contributed by atoms with van der Waals surface area (Å²) in [4.78, 5) is 12.0. The first-order valence-corrected chi connectivity index (χ1v) is 7.57. The standard InChI is InChI=1S/C14H22ClNO/c1-8(7-15)14(17)16-13-11-3-9-2-10(5-11)6-12(13)4-9/h8-13H,2-7H2,1H3,(H,16,17). The second kappa shape index (κ2) is 4.46. The molecule has 4 fully saturated rings. The van der Waals surface area contributed by atoms with Crippen LogP contribution in [0.5, 0.6) is 0 Å². The van der Waals surface area contributed by atoms with Crippen LogP contribution in [0.3, 0.4) is 0 Å². The Morgan fingerprint density at radius 2 is 1.71 bits per heavy atom. The molecule has 0 aromatic carbocycles. The van der Waals surface area contributed by atoms with Gasteiger partial charge >= 0.3 is 0 Å². The van der Waals surface area contributed by atoms with Crippen LogP contribution in [0.25, 0.3) is 0 Å². The second-order valence-electron chi connectivity index (χ2n) is 6.52. The summed E-state index contributed by atoms with van der Waals surface area (Å²) in [5.41, 5.74) is 0. The summed E-state index contributed by atoms with van der Waals surface area (Å²) in [6, 6.07) is 0.459. The predicted octanol–water partition coefficient (Wildman–Crippen LogP) is 2.80. The Kier molecular flexibility index (Phi) is 3.10. The van der Waals surface area contributed by atoms with Crippen molar-refractivity contribution in [2.24, 2.45) is 29.6 Å². The van der Waals surface area contributed by atoms with Crippen LogP contribution in [0.4, 0.5) is 0 Å². The average Bonchev–Trinajstić information content (AvgIpc) is 2.31. The third kappa shape index (κ3) is 2.09. The van der Waals surface area contributed by atoms with Gasteiger partial charge < -0.3 is 5.32 Å². The Morgan fingerprint density at radius 3 is 2.18 bits per heavy atom. The molecule has 4 saturated carbocycles. The molecule has 0 radical (unpaired) electrons. The van der Waals surface area contributed by atoms with E-state index in [0.717, 1.165) is 23.7 Å². The number of hydrogen-bond donors (Lipinski definition) is 1. The van der Waals surface area contributed by atoms with E-state index in [1.54, 1.807) is 0 Å². The molecule has 1 unspecified atom stereocenters. The van der Waals surface area contributed by atoms with E-state index < -0.39 is 0 Å². The number of nitrogens with one attached hydrogen (secondary N) is 1. The first kappa shape index (κ1) is 11.8.